The molecule has 0 unspecified atom stereocenters. The van der Waals surface area contributed by atoms with Crippen molar-refractivity contribution in [3.63, 3.8) is 0 Å². The van der Waals surface area contributed by atoms with Gasteiger partial charge in [-0.1, -0.05) is 74.5 Å². The molecular formula is C21H28N2. The number of piperazine rings is 1. The molecule has 1 heterocycles. The number of benzene rings is 2. The summed E-state index contributed by atoms with van der Waals surface area (Å²) in [5.41, 5.74) is 2.80. The van der Waals surface area contributed by atoms with Gasteiger partial charge in [-0.05, 0) is 17.0 Å². The van der Waals surface area contributed by atoms with E-state index in [9.17, 15) is 0 Å². The van der Waals surface area contributed by atoms with Gasteiger partial charge in [0.2, 0.25) is 0 Å². The average molecular weight is 308 g/mol. The number of hydrogen-bond donors (Lipinski definition) is 0. The van der Waals surface area contributed by atoms with E-state index in [1.165, 1.54) is 30.8 Å². The van der Waals surface area contributed by atoms with E-state index in [2.05, 4.69) is 84.3 Å². The Hall–Kier alpha value is -1.64. The third kappa shape index (κ3) is 4.21. The van der Waals surface area contributed by atoms with Crippen molar-refractivity contribution in [2.24, 2.45) is 5.92 Å². The van der Waals surface area contributed by atoms with Crippen LogP contribution in [0.4, 0.5) is 0 Å². The van der Waals surface area contributed by atoms with Gasteiger partial charge in [0.25, 0.3) is 0 Å². The molecule has 0 bridgehead atoms. The van der Waals surface area contributed by atoms with Gasteiger partial charge in [0, 0.05) is 32.7 Å². The van der Waals surface area contributed by atoms with Crippen LogP contribution in [-0.4, -0.2) is 42.5 Å². The molecule has 0 aliphatic carbocycles. The zero-order chi connectivity index (χ0) is 16.1. The summed E-state index contributed by atoms with van der Waals surface area (Å²) < 4.78 is 0. The van der Waals surface area contributed by atoms with Crippen molar-refractivity contribution in [1.29, 1.82) is 0 Å². The summed E-state index contributed by atoms with van der Waals surface area (Å²) in [6, 6.07) is 22.2. The van der Waals surface area contributed by atoms with Gasteiger partial charge in [-0.15, -0.1) is 0 Å². The van der Waals surface area contributed by atoms with Crippen molar-refractivity contribution in [3.05, 3.63) is 71.8 Å². The minimum absolute atomic E-state index is 0.374. The van der Waals surface area contributed by atoms with Gasteiger partial charge in [-0.25, -0.2) is 0 Å². The SMILES string of the molecule is CC(C)CN1CCN(C(c2ccccc2)c2ccccc2)CC1. The molecule has 3 rings (SSSR count). The van der Waals surface area contributed by atoms with Crippen LogP contribution in [-0.2, 0) is 0 Å². The van der Waals surface area contributed by atoms with Crippen molar-refractivity contribution < 1.29 is 0 Å². The molecule has 2 heteroatoms. The van der Waals surface area contributed by atoms with Crippen LogP contribution < -0.4 is 0 Å². The minimum Gasteiger partial charge on any atom is -0.301 e. The Balaban J connectivity index is 1.78. The fourth-order valence-electron chi connectivity index (χ4n) is 3.61. The zero-order valence-corrected chi connectivity index (χ0v) is 14.4. The van der Waals surface area contributed by atoms with Crippen LogP contribution in [0.3, 0.4) is 0 Å². The molecule has 2 nitrogen and oxygen atoms in total. The molecule has 0 radical (unpaired) electrons. The van der Waals surface area contributed by atoms with E-state index in [4.69, 9.17) is 0 Å². The molecule has 1 aliphatic heterocycles. The first-order valence-corrected chi connectivity index (χ1v) is 8.80. The van der Waals surface area contributed by atoms with Crippen molar-refractivity contribution in [1.82, 2.24) is 9.80 Å². The van der Waals surface area contributed by atoms with Crippen LogP contribution in [0.2, 0.25) is 0 Å². The molecule has 23 heavy (non-hydrogen) atoms. The maximum absolute atomic E-state index is 2.64. The lowest BCUT2D eigenvalue weighted by Crippen LogP contribution is -2.48. The lowest BCUT2D eigenvalue weighted by molar-refractivity contribution is 0.101. The van der Waals surface area contributed by atoms with Gasteiger partial charge < -0.3 is 4.90 Å². The van der Waals surface area contributed by atoms with Gasteiger partial charge >= 0.3 is 0 Å². The summed E-state index contributed by atoms with van der Waals surface area (Å²) in [5, 5.41) is 0. The Morgan fingerprint density at radius 2 is 1.22 bits per heavy atom. The summed E-state index contributed by atoms with van der Waals surface area (Å²) in [6.07, 6.45) is 0. The molecule has 1 aliphatic rings. The van der Waals surface area contributed by atoms with Gasteiger partial charge in [0.15, 0.2) is 0 Å². The van der Waals surface area contributed by atoms with Crippen molar-refractivity contribution in [2.45, 2.75) is 19.9 Å². The highest BCUT2D eigenvalue weighted by Crippen LogP contribution is 2.29. The predicted molar refractivity (Wildman–Crippen MR) is 97.6 cm³/mol. The molecule has 0 spiro atoms. The lowest BCUT2D eigenvalue weighted by Gasteiger charge is -2.40. The Bertz CT molecular complexity index is 532. The molecule has 122 valence electrons. The first-order chi connectivity index (χ1) is 11.2. The van der Waals surface area contributed by atoms with Crippen LogP contribution in [0.15, 0.2) is 60.7 Å². The first-order valence-electron chi connectivity index (χ1n) is 8.80. The number of rotatable bonds is 5. The molecule has 0 atom stereocenters. The van der Waals surface area contributed by atoms with E-state index in [1.807, 2.05) is 0 Å². The minimum atomic E-state index is 0.374. The third-order valence-corrected chi connectivity index (χ3v) is 4.63. The summed E-state index contributed by atoms with van der Waals surface area (Å²) in [5.74, 6) is 0.751. The molecule has 0 saturated carbocycles. The highest BCUT2D eigenvalue weighted by atomic mass is 15.3. The van der Waals surface area contributed by atoms with Crippen LogP contribution in [0.5, 0.6) is 0 Å². The maximum atomic E-state index is 2.64. The normalized spacial score (nSPS) is 17.0. The van der Waals surface area contributed by atoms with Gasteiger partial charge in [0.1, 0.15) is 0 Å². The monoisotopic (exact) mass is 308 g/mol. The molecule has 2 aromatic carbocycles. The molecule has 0 N–H and O–H groups in total. The highest BCUT2D eigenvalue weighted by Gasteiger charge is 2.26. The van der Waals surface area contributed by atoms with Crippen LogP contribution in [0.25, 0.3) is 0 Å². The quantitative estimate of drug-likeness (QED) is 0.822. The molecule has 2 aromatic rings. The largest absolute Gasteiger partial charge is 0.301 e. The van der Waals surface area contributed by atoms with Crippen LogP contribution >= 0.6 is 0 Å². The number of nitrogens with zero attached hydrogens (tertiary/aromatic N) is 2. The molecule has 1 fully saturated rings. The molecule has 1 saturated heterocycles. The van der Waals surface area contributed by atoms with E-state index in [0.29, 0.717) is 6.04 Å². The topological polar surface area (TPSA) is 6.48 Å². The lowest BCUT2D eigenvalue weighted by atomic mass is 9.96. The second kappa shape index (κ2) is 7.76. The zero-order valence-electron chi connectivity index (χ0n) is 14.4. The molecular weight excluding hydrogens is 280 g/mol. The summed E-state index contributed by atoms with van der Waals surface area (Å²) >= 11 is 0. The van der Waals surface area contributed by atoms with E-state index in [0.717, 1.165) is 19.0 Å². The van der Waals surface area contributed by atoms with Gasteiger partial charge in [0.05, 0.1) is 6.04 Å². The maximum Gasteiger partial charge on any atom is 0.0602 e. The summed E-state index contributed by atoms with van der Waals surface area (Å²) in [7, 11) is 0. The predicted octanol–water partition coefficient (Wildman–Crippen LogP) is 4.05. The summed E-state index contributed by atoms with van der Waals surface area (Å²) in [6.45, 7) is 10.5. The van der Waals surface area contributed by atoms with E-state index in [1.54, 1.807) is 0 Å². The van der Waals surface area contributed by atoms with Crippen molar-refractivity contribution in [2.75, 3.05) is 32.7 Å². The standard InChI is InChI=1S/C21H28N2/c1-18(2)17-22-13-15-23(16-14-22)21(19-9-5-3-6-10-19)20-11-7-4-8-12-20/h3-12,18,21H,13-17H2,1-2H3. The second-order valence-corrected chi connectivity index (χ2v) is 6.95. The van der Waals surface area contributed by atoms with Crippen molar-refractivity contribution >= 4 is 0 Å². The van der Waals surface area contributed by atoms with E-state index >= 15 is 0 Å². The van der Waals surface area contributed by atoms with E-state index < -0.39 is 0 Å². The Morgan fingerprint density at radius 3 is 1.65 bits per heavy atom. The van der Waals surface area contributed by atoms with Gasteiger partial charge in [-0.2, -0.15) is 0 Å². The molecule has 0 aromatic heterocycles. The summed E-state index contributed by atoms with van der Waals surface area (Å²) in [4.78, 5) is 5.25. The smallest absolute Gasteiger partial charge is 0.0602 e. The fourth-order valence-corrected chi connectivity index (χ4v) is 3.61. The van der Waals surface area contributed by atoms with Crippen LogP contribution in [0.1, 0.15) is 31.0 Å². The molecule has 0 amide bonds. The Morgan fingerprint density at radius 1 is 0.739 bits per heavy atom. The Kier molecular flexibility index (Phi) is 5.47. The van der Waals surface area contributed by atoms with Gasteiger partial charge in [-0.3, -0.25) is 4.90 Å². The van der Waals surface area contributed by atoms with Crippen molar-refractivity contribution in [3.8, 4) is 0 Å². The van der Waals surface area contributed by atoms with E-state index in [-0.39, 0.29) is 0 Å². The third-order valence-electron chi connectivity index (χ3n) is 4.63. The fraction of sp³-hybridized carbons (Fsp3) is 0.429. The first kappa shape index (κ1) is 16.2. The average Bonchev–Trinajstić information content (AvgIpc) is 2.58. The highest BCUT2D eigenvalue weighted by molar-refractivity contribution is 5.31. The second-order valence-electron chi connectivity index (χ2n) is 6.95. The number of hydrogen-bond acceptors (Lipinski definition) is 2. The Labute approximate surface area is 140 Å². The van der Waals surface area contributed by atoms with Crippen LogP contribution in [0, 0.1) is 5.92 Å².